The SMILES string of the molecule is CNc1ccc2c(=O)n(-c3ccc(NC(=O)NS(=O)(=O)c4ccc(Cl)s4)cn3)c(C)nc2c1. The monoisotopic (exact) mass is 504 g/mol. The predicted molar refractivity (Wildman–Crippen MR) is 128 cm³/mol. The van der Waals surface area contributed by atoms with Gasteiger partial charge in [-0.15, -0.1) is 11.3 Å². The van der Waals surface area contributed by atoms with E-state index in [2.05, 4.69) is 20.6 Å². The van der Waals surface area contributed by atoms with Crippen LogP contribution in [0.15, 0.2) is 57.7 Å². The predicted octanol–water partition coefficient (Wildman–Crippen LogP) is 3.36. The van der Waals surface area contributed by atoms with E-state index >= 15 is 0 Å². The number of carbonyl (C=O) groups excluding carboxylic acids is 1. The zero-order chi connectivity index (χ0) is 23.8. The van der Waals surface area contributed by atoms with Gasteiger partial charge in [-0.1, -0.05) is 11.6 Å². The number of halogens is 1. The molecule has 0 saturated heterocycles. The lowest BCUT2D eigenvalue weighted by molar-refractivity contribution is 0.256. The Balaban J connectivity index is 1.55. The third-order valence-electron chi connectivity index (χ3n) is 4.60. The molecule has 0 aliphatic rings. The largest absolute Gasteiger partial charge is 0.388 e. The number of rotatable bonds is 5. The van der Waals surface area contributed by atoms with E-state index in [1.165, 1.54) is 35.0 Å². The number of aromatic nitrogens is 3. The molecule has 3 heterocycles. The molecule has 2 amide bonds. The Morgan fingerprint density at radius 2 is 1.88 bits per heavy atom. The number of carbonyl (C=O) groups is 1. The molecular weight excluding hydrogens is 488 g/mol. The molecule has 4 aromatic rings. The van der Waals surface area contributed by atoms with Gasteiger partial charge in [0.25, 0.3) is 15.6 Å². The Morgan fingerprint density at radius 1 is 1.12 bits per heavy atom. The van der Waals surface area contributed by atoms with Crippen molar-refractivity contribution in [2.75, 3.05) is 17.7 Å². The minimum atomic E-state index is -4.05. The van der Waals surface area contributed by atoms with Crippen molar-refractivity contribution >= 4 is 61.3 Å². The maximum absolute atomic E-state index is 13.0. The van der Waals surface area contributed by atoms with Gasteiger partial charge < -0.3 is 10.6 Å². The summed E-state index contributed by atoms with van der Waals surface area (Å²) in [6, 6.07) is 10.0. The fourth-order valence-corrected chi connectivity index (χ4v) is 5.48. The van der Waals surface area contributed by atoms with Crippen molar-refractivity contribution in [2.24, 2.45) is 0 Å². The Morgan fingerprint density at radius 3 is 2.52 bits per heavy atom. The van der Waals surface area contributed by atoms with Crippen LogP contribution in [-0.2, 0) is 10.0 Å². The van der Waals surface area contributed by atoms with Gasteiger partial charge in [0.2, 0.25) is 0 Å². The molecule has 0 radical (unpaired) electrons. The highest BCUT2D eigenvalue weighted by Crippen LogP contribution is 2.25. The van der Waals surface area contributed by atoms with Crippen LogP contribution in [0, 0.1) is 6.92 Å². The lowest BCUT2D eigenvalue weighted by Crippen LogP contribution is -2.34. The number of amides is 2. The number of aryl methyl sites for hydroxylation is 1. The number of sulfonamides is 1. The van der Waals surface area contributed by atoms with E-state index in [1.807, 2.05) is 4.72 Å². The van der Waals surface area contributed by atoms with Crippen LogP contribution in [-0.4, -0.2) is 36.0 Å². The van der Waals surface area contributed by atoms with Crippen molar-refractivity contribution in [3.8, 4) is 5.82 Å². The highest BCUT2D eigenvalue weighted by Gasteiger charge is 2.20. The minimum Gasteiger partial charge on any atom is -0.388 e. The molecule has 3 N–H and O–H groups in total. The topological polar surface area (TPSA) is 135 Å². The second-order valence-corrected chi connectivity index (χ2v) is 10.4. The fourth-order valence-electron chi connectivity index (χ4n) is 3.09. The first-order chi connectivity index (χ1) is 15.7. The number of urea groups is 1. The molecule has 4 rings (SSSR count). The maximum Gasteiger partial charge on any atom is 0.333 e. The van der Waals surface area contributed by atoms with Gasteiger partial charge in [0.05, 0.1) is 27.1 Å². The summed E-state index contributed by atoms with van der Waals surface area (Å²) in [5.41, 5.74) is 1.34. The number of nitrogens with zero attached hydrogens (tertiary/aromatic N) is 3. The first kappa shape index (κ1) is 22.7. The van der Waals surface area contributed by atoms with Gasteiger partial charge in [0, 0.05) is 12.7 Å². The number of fused-ring (bicyclic) bond motifs is 1. The first-order valence-electron chi connectivity index (χ1n) is 9.44. The maximum atomic E-state index is 13.0. The molecule has 33 heavy (non-hydrogen) atoms. The van der Waals surface area contributed by atoms with Crippen molar-refractivity contribution in [1.29, 1.82) is 0 Å². The number of hydrogen-bond acceptors (Lipinski definition) is 8. The van der Waals surface area contributed by atoms with Gasteiger partial charge >= 0.3 is 6.03 Å². The van der Waals surface area contributed by atoms with Gasteiger partial charge in [0.15, 0.2) is 0 Å². The molecule has 1 aromatic carbocycles. The quantitative estimate of drug-likeness (QED) is 0.379. The summed E-state index contributed by atoms with van der Waals surface area (Å²) < 4.78 is 27.9. The first-order valence-corrected chi connectivity index (χ1v) is 12.1. The van der Waals surface area contributed by atoms with E-state index in [1.54, 1.807) is 32.2 Å². The number of hydrogen-bond donors (Lipinski definition) is 3. The van der Waals surface area contributed by atoms with Gasteiger partial charge in [0.1, 0.15) is 15.9 Å². The van der Waals surface area contributed by atoms with Crippen molar-refractivity contribution < 1.29 is 13.2 Å². The lowest BCUT2D eigenvalue weighted by Gasteiger charge is -2.12. The van der Waals surface area contributed by atoms with Gasteiger partial charge in [-0.3, -0.25) is 4.79 Å². The second kappa shape index (κ2) is 8.81. The van der Waals surface area contributed by atoms with E-state index in [0.29, 0.717) is 22.5 Å². The van der Waals surface area contributed by atoms with E-state index in [0.717, 1.165) is 17.0 Å². The molecule has 0 atom stereocenters. The Hall–Kier alpha value is -3.48. The molecule has 0 spiro atoms. The number of thiophene rings is 1. The third-order valence-corrected chi connectivity index (χ3v) is 7.66. The van der Waals surface area contributed by atoms with E-state index in [9.17, 15) is 18.0 Å². The number of anilines is 2. The molecule has 13 heteroatoms. The lowest BCUT2D eigenvalue weighted by atomic mass is 10.2. The average Bonchev–Trinajstić information content (AvgIpc) is 3.21. The summed E-state index contributed by atoms with van der Waals surface area (Å²) in [6.07, 6.45) is 1.31. The Kier molecular flexibility index (Phi) is 6.06. The van der Waals surface area contributed by atoms with E-state index in [4.69, 9.17) is 11.6 Å². The smallest absolute Gasteiger partial charge is 0.333 e. The summed E-state index contributed by atoms with van der Waals surface area (Å²) >= 11 is 6.58. The molecule has 170 valence electrons. The van der Waals surface area contributed by atoms with Gasteiger partial charge in [-0.05, 0) is 49.4 Å². The number of pyridine rings is 1. The summed E-state index contributed by atoms with van der Waals surface area (Å²) in [7, 11) is -2.27. The van der Waals surface area contributed by atoms with Crippen molar-refractivity contribution in [3.05, 3.63) is 69.2 Å². The molecule has 3 aromatic heterocycles. The summed E-state index contributed by atoms with van der Waals surface area (Å²) in [4.78, 5) is 33.9. The van der Waals surface area contributed by atoms with Gasteiger partial charge in [-0.2, -0.15) is 0 Å². The van der Waals surface area contributed by atoms with Crippen LogP contribution in [0.2, 0.25) is 4.34 Å². The minimum absolute atomic E-state index is 0.0865. The molecule has 0 fully saturated rings. The third kappa shape index (κ3) is 4.67. The van der Waals surface area contributed by atoms with Gasteiger partial charge in [-0.25, -0.2) is 32.5 Å². The van der Waals surface area contributed by atoms with Crippen LogP contribution in [0.1, 0.15) is 5.82 Å². The number of nitrogens with one attached hydrogen (secondary N) is 3. The summed E-state index contributed by atoms with van der Waals surface area (Å²) in [5, 5.41) is 5.83. The Bertz CT molecular complexity index is 1530. The average molecular weight is 505 g/mol. The van der Waals surface area contributed by atoms with Crippen LogP contribution in [0.3, 0.4) is 0 Å². The molecule has 0 saturated carbocycles. The van der Waals surface area contributed by atoms with E-state index < -0.39 is 16.1 Å². The fraction of sp³-hybridized carbons (Fsp3) is 0.100. The van der Waals surface area contributed by atoms with Crippen LogP contribution in [0.5, 0.6) is 0 Å². The highest BCUT2D eigenvalue weighted by atomic mass is 35.5. The van der Waals surface area contributed by atoms with E-state index in [-0.39, 0.29) is 19.8 Å². The van der Waals surface area contributed by atoms with Crippen molar-refractivity contribution in [1.82, 2.24) is 19.3 Å². The second-order valence-electron chi connectivity index (χ2n) is 6.80. The summed E-state index contributed by atoms with van der Waals surface area (Å²) in [6.45, 7) is 1.69. The van der Waals surface area contributed by atoms with Crippen LogP contribution in [0.25, 0.3) is 16.7 Å². The standard InChI is InChI=1S/C20H17ClN6O4S2/c1-11-24-15-9-12(22-2)3-5-14(15)19(28)27(11)17-7-4-13(10-23-17)25-20(29)26-33(30,31)18-8-6-16(21)32-18/h3-10,22H,1-2H3,(H2,25,26,29). The highest BCUT2D eigenvalue weighted by molar-refractivity contribution is 7.92. The van der Waals surface area contributed by atoms with Crippen molar-refractivity contribution in [2.45, 2.75) is 11.1 Å². The summed E-state index contributed by atoms with van der Waals surface area (Å²) in [5.74, 6) is 0.740. The Labute approximate surface area is 197 Å². The molecule has 0 bridgehead atoms. The molecule has 0 aliphatic heterocycles. The zero-order valence-electron chi connectivity index (χ0n) is 17.3. The molecular formula is C20H17ClN6O4S2. The normalized spacial score (nSPS) is 11.4. The van der Waals surface area contributed by atoms with Crippen LogP contribution < -0.4 is 20.9 Å². The zero-order valence-corrected chi connectivity index (χ0v) is 19.7. The molecule has 0 aliphatic carbocycles. The van der Waals surface area contributed by atoms with Crippen LogP contribution in [0.4, 0.5) is 16.2 Å². The van der Waals surface area contributed by atoms with Crippen LogP contribution >= 0.6 is 22.9 Å². The molecule has 0 unspecified atom stereocenters. The molecule has 10 nitrogen and oxygen atoms in total. The number of benzene rings is 1. The van der Waals surface area contributed by atoms with Crippen molar-refractivity contribution in [3.63, 3.8) is 0 Å².